The second-order valence-electron chi connectivity index (χ2n) is 4.53. The van der Waals surface area contributed by atoms with Crippen LogP contribution in [0.15, 0.2) is 12.3 Å². The van der Waals surface area contributed by atoms with Gasteiger partial charge >= 0.3 is 5.97 Å². The highest BCUT2D eigenvalue weighted by Crippen LogP contribution is 2.29. The van der Waals surface area contributed by atoms with Gasteiger partial charge in [-0.3, -0.25) is 9.78 Å². The van der Waals surface area contributed by atoms with Crippen molar-refractivity contribution >= 4 is 11.7 Å². The highest BCUT2D eigenvalue weighted by Gasteiger charge is 2.17. The van der Waals surface area contributed by atoms with Gasteiger partial charge in [-0.15, -0.1) is 0 Å². The smallest absolute Gasteiger partial charge is 0.303 e. The number of carbonyl (C=O) groups is 1. The first-order valence-corrected chi connectivity index (χ1v) is 6.08. The molecular formula is C13H18N2O2. The van der Waals surface area contributed by atoms with Crippen molar-refractivity contribution in [2.75, 3.05) is 18.5 Å². The molecule has 0 spiro atoms. The first-order valence-electron chi connectivity index (χ1n) is 6.08. The van der Waals surface area contributed by atoms with E-state index in [0.717, 1.165) is 19.4 Å². The maximum absolute atomic E-state index is 10.5. The number of aromatic nitrogens is 1. The van der Waals surface area contributed by atoms with Crippen LogP contribution >= 0.6 is 0 Å². The number of aliphatic carboxylic acids is 1. The van der Waals surface area contributed by atoms with Crippen molar-refractivity contribution in [3.05, 3.63) is 23.5 Å². The maximum Gasteiger partial charge on any atom is 0.303 e. The van der Waals surface area contributed by atoms with Gasteiger partial charge in [-0.05, 0) is 37.3 Å². The molecule has 92 valence electrons. The quantitative estimate of drug-likeness (QED) is 0.845. The second kappa shape index (κ2) is 5.17. The van der Waals surface area contributed by atoms with E-state index in [2.05, 4.69) is 9.88 Å². The van der Waals surface area contributed by atoms with Crippen molar-refractivity contribution in [1.29, 1.82) is 0 Å². The highest BCUT2D eigenvalue weighted by atomic mass is 16.4. The molecule has 0 amide bonds. The Bertz CT molecular complexity index is 418. The largest absolute Gasteiger partial charge is 0.481 e. The number of hydrogen-bond acceptors (Lipinski definition) is 3. The van der Waals surface area contributed by atoms with Crippen LogP contribution in [-0.2, 0) is 17.6 Å². The van der Waals surface area contributed by atoms with Gasteiger partial charge in [0.25, 0.3) is 0 Å². The molecule has 0 saturated carbocycles. The number of carboxylic acids is 1. The molecule has 0 aliphatic heterocycles. The molecule has 1 aliphatic rings. The van der Waals surface area contributed by atoms with Crippen molar-refractivity contribution < 1.29 is 9.90 Å². The molecule has 1 aromatic heterocycles. The van der Waals surface area contributed by atoms with Crippen LogP contribution in [0.25, 0.3) is 0 Å². The molecule has 0 unspecified atom stereocenters. The standard InChI is InChI=1S/C13H18N2O2/c1-15(9-3-6-13(16)17)12-7-8-14-11-5-2-4-10(11)12/h7-8H,2-6,9H2,1H3,(H,16,17). The van der Waals surface area contributed by atoms with E-state index in [1.54, 1.807) is 0 Å². The van der Waals surface area contributed by atoms with Gasteiger partial charge in [0.2, 0.25) is 0 Å². The number of aryl methyl sites for hydroxylation is 1. The first kappa shape index (κ1) is 11.9. The molecule has 17 heavy (non-hydrogen) atoms. The lowest BCUT2D eigenvalue weighted by atomic mass is 10.1. The van der Waals surface area contributed by atoms with Crippen molar-refractivity contribution in [3.63, 3.8) is 0 Å². The summed E-state index contributed by atoms with van der Waals surface area (Å²) in [6.07, 6.45) is 6.13. The minimum atomic E-state index is -0.724. The van der Waals surface area contributed by atoms with E-state index in [4.69, 9.17) is 5.11 Å². The van der Waals surface area contributed by atoms with Crippen molar-refractivity contribution in [2.45, 2.75) is 32.1 Å². The van der Waals surface area contributed by atoms with Crippen LogP contribution in [0.5, 0.6) is 0 Å². The molecule has 0 aromatic carbocycles. The van der Waals surface area contributed by atoms with E-state index in [-0.39, 0.29) is 6.42 Å². The lowest BCUT2D eigenvalue weighted by molar-refractivity contribution is -0.137. The SMILES string of the molecule is CN(CCCC(=O)O)c1ccnc2c1CCC2. The van der Waals surface area contributed by atoms with Crippen LogP contribution in [0.2, 0.25) is 0 Å². The predicted octanol–water partition coefficient (Wildman–Crippen LogP) is 1.87. The van der Waals surface area contributed by atoms with Gasteiger partial charge in [0.05, 0.1) is 0 Å². The number of rotatable bonds is 5. The lowest BCUT2D eigenvalue weighted by Gasteiger charge is -2.21. The van der Waals surface area contributed by atoms with E-state index in [9.17, 15) is 4.79 Å². The molecule has 0 atom stereocenters. The zero-order valence-electron chi connectivity index (χ0n) is 10.1. The highest BCUT2D eigenvalue weighted by molar-refractivity contribution is 5.66. The van der Waals surface area contributed by atoms with Gasteiger partial charge in [0, 0.05) is 37.6 Å². The zero-order chi connectivity index (χ0) is 12.3. The fraction of sp³-hybridized carbons (Fsp3) is 0.538. The minimum Gasteiger partial charge on any atom is -0.481 e. The van der Waals surface area contributed by atoms with E-state index >= 15 is 0 Å². The third-order valence-electron chi connectivity index (χ3n) is 3.26. The summed E-state index contributed by atoms with van der Waals surface area (Å²) in [7, 11) is 2.02. The molecule has 1 N–H and O–H groups in total. The maximum atomic E-state index is 10.5. The Morgan fingerprint density at radius 3 is 3.12 bits per heavy atom. The average molecular weight is 234 g/mol. The van der Waals surface area contributed by atoms with Crippen molar-refractivity contribution in [1.82, 2.24) is 4.98 Å². The summed E-state index contributed by atoms with van der Waals surface area (Å²) in [5.74, 6) is -0.724. The Morgan fingerprint density at radius 2 is 2.35 bits per heavy atom. The van der Waals surface area contributed by atoms with Gasteiger partial charge < -0.3 is 10.0 Å². The summed E-state index contributed by atoms with van der Waals surface area (Å²) in [5, 5.41) is 8.62. The monoisotopic (exact) mass is 234 g/mol. The predicted molar refractivity (Wildman–Crippen MR) is 66.4 cm³/mol. The van der Waals surface area contributed by atoms with Gasteiger partial charge in [-0.2, -0.15) is 0 Å². The van der Waals surface area contributed by atoms with Crippen molar-refractivity contribution in [3.8, 4) is 0 Å². The van der Waals surface area contributed by atoms with E-state index in [1.807, 2.05) is 19.3 Å². The lowest BCUT2D eigenvalue weighted by Crippen LogP contribution is -2.20. The summed E-state index contributed by atoms with van der Waals surface area (Å²) >= 11 is 0. The van der Waals surface area contributed by atoms with E-state index in [1.165, 1.54) is 23.4 Å². The molecule has 0 saturated heterocycles. The van der Waals surface area contributed by atoms with E-state index in [0.29, 0.717) is 6.42 Å². The van der Waals surface area contributed by atoms with Gasteiger partial charge in [-0.1, -0.05) is 0 Å². The third kappa shape index (κ3) is 2.75. The second-order valence-corrected chi connectivity index (χ2v) is 4.53. The van der Waals surface area contributed by atoms with Gasteiger partial charge in [0.15, 0.2) is 0 Å². The normalized spacial score (nSPS) is 13.5. The molecule has 1 heterocycles. The summed E-state index contributed by atoms with van der Waals surface area (Å²) in [5.41, 5.74) is 3.79. The summed E-state index contributed by atoms with van der Waals surface area (Å²) in [6, 6.07) is 2.03. The topological polar surface area (TPSA) is 53.4 Å². The Morgan fingerprint density at radius 1 is 1.53 bits per heavy atom. The average Bonchev–Trinajstić information content (AvgIpc) is 2.75. The Hall–Kier alpha value is -1.58. The molecule has 1 aliphatic carbocycles. The summed E-state index contributed by atoms with van der Waals surface area (Å²) in [6.45, 7) is 0.781. The molecule has 4 heteroatoms. The van der Waals surface area contributed by atoms with Crippen molar-refractivity contribution in [2.24, 2.45) is 0 Å². The Labute approximate surface area is 101 Å². The number of nitrogens with zero attached hydrogens (tertiary/aromatic N) is 2. The number of anilines is 1. The Balaban J connectivity index is 2.02. The number of fused-ring (bicyclic) bond motifs is 1. The first-order chi connectivity index (χ1) is 8.18. The molecular weight excluding hydrogens is 216 g/mol. The van der Waals surface area contributed by atoms with Gasteiger partial charge in [0.1, 0.15) is 0 Å². The van der Waals surface area contributed by atoms with Crippen LogP contribution in [0, 0.1) is 0 Å². The summed E-state index contributed by atoms with van der Waals surface area (Å²) < 4.78 is 0. The Kier molecular flexibility index (Phi) is 3.61. The number of hydrogen-bond donors (Lipinski definition) is 1. The molecule has 0 bridgehead atoms. The van der Waals surface area contributed by atoms with Crippen LogP contribution in [-0.4, -0.2) is 29.7 Å². The third-order valence-corrected chi connectivity index (χ3v) is 3.26. The van der Waals surface area contributed by atoms with Crippen LogP contribution in [0.4, 0.5) is 5.69 Å². The van der Waals surface area contributed by atoms with E-state index < -0.39 is 5.97 Å². The minimum absolute atomic E-state index is 0.234. The van der Waals surface area contributed by atoms with Crippen LogP contribution < -0.4 is 4.90 Å². The fourth-order valence-corrected chi connectivity index (χ4v) is 2.39. The number of pyridine rings is 1. The zero-order valence-corrected chi connectivity index (χ0v) is 10.1. The molecule has 4 nitrogen and oxygen atoms in total. The summed E-state index contributed by atoms with van der Waals surface area (Å²) in [4.78, 5) is 17.0. The van der Waals surface area contributed by atoms with Crippen LogP contribution in [0.3, 0.4) is 0 Å². The molecule has 1 aromatic rings. The molecule has 0 fully saturated rings. The molecule has 0 radical (unpaired) electrons. The van der Waals surface area contributed by atoms with Crippen LogP contribution in [0.1, 0.15) is 30.5 Å². The fourth-order valence-electron chi connectivity index (χ4n) is 2.39. The van der Waals surface area contributed by atoms with Gasteiger partial charge in [-0.25, -0.2) is 0 Å². The molecule has 2 rings (SSSR count). The number of carboxylic acid groups (broad SMARTS) is 1.